The molecule has 1 heterocycles. The Morgan fingerprint density at radius 1 is 1.35 bits per heavy atom. The lowest BCUT2D eigenvalue weighted by Crippen LogP contribution is -2.16. The van der Waals surface area contributed by atoms with Crippen LogP contribution in [0.1, 0.15) is 18.4 Å². The van der Waals surface area contributed by atoms with E-state index in [2.05, 4.69) is 14.9 Å². The lowest BCUT2D eigenvalue weighted by atomic mass is 10.2. The van der Waals surface area contributed by atoms with Crippen molar-refractivity contribution >= 4 is 0 Å². The van der Waals surface area contributed by atoms with Gasteiger partial charge in [-0.15, -0.1) is 0 Å². The van der Waals surface area contributed by atoms with Crippen molar-refractivity contribution in [2.75, 3.05) is 13.7 Å². The van der Waals surface area contributed by atoms with Gasteiger partial charge in [0.2, 0.25) is 0 Å². The Balaban J connectivity index is 1.63. The van der Waals surface area contributed by atoms with Crippen molar-refractivity contribution in [1.82, 2.24) is 14.9 Å². The number of rotatable bonds is 8. The molecule has 0 unspecified atom stereocenters. The second kappa shape index (κ2) is 7.65. The fourth-order valence-electron chi connectivity index (χ4n) is 1.98. The van der Waals surface area contributed by atoms with Gasteiger partial charge in [0.1, 0.15) is 11.6 Å². The third kappa shape index (κ3) is 4.35. The second-order valence-corrected chi connectivity index (χ2v) is 4.64. The first-order valence-corrected chi connectivity index (χ1v) is 6.78. The molecule has 0 bridgehead atoms. The fourth-order valence-corrected chi connectivity index (χ4v) is 1.98. The summed E-state index contributed by atoms with van der Waals surface area (Å²) >= 11 is 0. The van der Waals surface area contributed by atoms with Crippen LogP contribution in [0.2, 0.25) is 0 Å². The standard InChI is InChI=1S/C15H20FN3O/c1-20-14-5-4-13(15(16)10-14)11-17-6-2-3-8-19-9-7-18-12-19/h4-5,7,9-10,12,17H,2-3,6,8,11H2,1H3. The predicted molar refractivity (Wildman–Crippen MR) is 76.1 cm³/mol. The molecule has 0 aliphatic carbocycles. The Bertz CT molecular complexity index is 514. The van der Waals surface area contributed by atoms with Crippen LogP contribution in [0.15, 0.2) is 36.9 Å². The van der Waals surface area contributed by atoms with Gasteiger partial charge in [-0.2, -0.15) is 0 Å². The zero-order valence-electron chi connectivity index (χ0n) is 11.7. The molecule has 5 heteroatoms. The monoisotopic (exact) mass is 277 g/mol. The Kier molecular flexibility index (Phi) is 5.55. The quantitative estimate of drug-likeness (QED) is 0.754. The third-order valence-corrected chi connectivity index (χ3v) is 3.15. The predicted octanol–water partition coefficient (Wildman–Crippen LogP) is 2.60. The maximum atomic E-state index is 13.7. The molecule has 2 aromatic rings. The van der Waals surface area contributed by atoms with Gasteiger partial charge in [-0.05, 0) is 25.5 Å². The average Bonchev–Trinajstić information content (AvgIpc) is 2.97. The largest absolute Gasteiger partial charge is 0.497 e. The molecule has 0 aliphatic heterocycles. The number of nitrogens with zero attached hydrogens (tertiary/aromatic N) is 2. The molecule has 108 valence electrons. The maximum Gasteiger partial charge on any atom is 0.131 e. The van der Waals surface area contributed by atoms with Crippen molar-refractivity contribution in [3.8, 4) is 5.75 Å². The maximum absolute atomic E-state index is 13.7. The number of aryl methyl sites for hydroxylation is 1. The molecule has 1 N–H and O–H groups in total. The van der Waals surface area contributed by atoms with Gasteiger partial charge in [0.15, 0.2) is 0 Å². The number of benzene rings is 1. The van der Waals surface area contributed by atoms with Crippen LogP contribution < -0.4 is 10.1 Å². The molecule has 0 saturated heterocycles. The summed E-state index contributed by atoms with van der Waals surface area (Å²) in [4.78, 5) is 4.00. The minimum atomic E-state index is -0.227. The normalized spacial score (nSPS) is 10.7. The number of unbranched alkanes of at least 4 members (excludes halogenated alkanes) is 1. The zero-order chi connectivity index (χ0) is 14.2. The van der Waals surface area contributed by atoms with Gasteiger partial charge in [-0.1, -0.05) is 6.07 Å². The summed E-state index contributed by atoms with van der Waals surface area (Å²) < 4.78 is 20.7. The SMILES string of the molecule is COc1ccc(CNCCCCn2ccnc2)c(F)c1. The van der Waals surface area contributed by atoms with Crippen molar-refractivity contribution < 1.29 is 9.13 Å². The average molecular weight is 277 g/mol. The van der Waals surface area contributed by atoms with Crippen molar-refractivity contribution in [2.24, 2.45) is 0 Å². The third-order valence-electron chi connectivity index (χ3n) is 3.15. The van der Waals surface area contributed by atoms with E-state index in [0.29, 0.717) is 17.9 Å². The lowest BCUT2D eigenvalue weighted by Gasteiger charge is -2.07. The smallest absolute Gasteiger partial charge is 0.131 e. The second-order valence-electron chi connectivity index (χ2n) is 4.64. The molecule has 4 nitrogen and oxygen atoms in total. The van der Waals surface area contributed by atoms with Crippen molar-refractivity contribution in [2.45, 2.75) is 25.9 Å². The summed E-state index contributed by atoms with van der Waals surface area (Å²) in [6.45, 7) is 2.39. The minimum absolute atomic E-state index is 0.227. The van der Waals surface area contributed by atoms with E-state index in [0.717, 1.165) is 25.9 Å². The van der Waals surface area contributed by atoms with E-state index in [1.165, 1.54) is 13.2 Å². The number of nitrogens with one attached hydrogen (secondary N) is 1. The molecule has 1 aromatic carbocycles. The number of ether oxygens (including phenoxy) is 1. The van der Waals surface area contributed by atoms with Crippen LogP contribution in [0.3, 0.4) is 0 Å². The highest BCUT2D eigenvalue weighted by atomic mass is 19.1. The molecule has 0 radical (unpaired) electrons. The van der Waals surface area contributed by atoms with E-state index < -0.39 is 0 Å². The highest BCUT2D eigenvalue weighted by Crippen LogP contribution is 2.15. The molecule has 0 amide bonds. The summed E-state index contributed by atoms with van der Waals surface area (Å²) in [5.41, 5.74) is 0.667. The van der Waals surface area contributed by atoms with Crippen molar-refractivity contribution in [1.29, 1.82) is 0 Å². The van der Waals surface area contributed by atoms with E-state index in [1.54, 1.807) is 18.3 Å². The summed E-state index contributed by atoms with van der Waals surface area (Å²) in [5, 5.41) is 3.25. The fraction of sp³-hybridized carbons (Fsp3) is 0.400. The summed E-state index contributed by atoms with van der Waals surface area (Å²) in [5.74, 6) is 0.321. The van der Waals surface area contributed by atoms with E-state index >= 15 is 0 Å². The zero-order valence-corrected chi connectivity index (χ0v) is 11.7. The van der Waals surface area contributed by atoms with Gasteiger partial charge in [0.25, 0.3) is 0 Å². The van der Waals surface area contributed by atoms with Gasteiger partial charge >= 0.3 is 0 Å². The molecule has 0 saturated carbocycles. The van der Waals surface area contributed by atoms with Crippen molar-refractivity contribution in [3.05, 3.63) is 48.3 Å². The summed E-state index contributed by atoms with van der Waals surface area (Å²) in [7, 11) is 1.53. The summed E-state index contributed by atoms with van der Waals surface area (Å²) in [6, 6.07) is 4.95. The van der Waals surface area contributed by atoms with E-state index in [-0.39, 0.29) is 5.82 Å². The number of hydrogen-bond donors (Lipinski definition) is 1. The molecular weight excluding hydrogens is 257 g/mol. The Morgan fingerprint density at radius 3 is 2.95 bits per heavy atom. The van der Waals surface area contributed by atoms with Gasteiger partial charge in [0, 0.05) is 37.1 Å². The van der Waals surface area contributed by atoms with Gasteiger partial charge in [-0.25, -0.2) is 9.37 Å². The molecule has 0 aliphatic rings. The molecule has 20 heavy (non-hydrogen) atoms. The van der Waals surface area contributed by atoms with E-state index in [1.807, 2.05) is 12.5 Å². The Labute approximate surface area is 118 Å². The molecule has 2 rings (SSSR count). The number of methoxy groups -OCH3 is 1. The number of hydrogen-bond acceptors (Lipinski definition) is 3. The Morgan fingerprint density at radius 2 is 2.25 bits per heavy atom. The number of halogens is 1. The van der Waals surface area contributed by atoms with Crippen LogP contribution in [-0.4, -0.2) is 23.2 Å². The van der Waals surface area contributed by atoms with Gasteiger partial charge < -0.3 is 14.6 Å². The highest BCUT2D eigenvalue weighted by Gasteiger charge is 2.03. The Hall–Kier alpha value is -1.88. The first kappa shape index (κ1) is 14.5. The minimum Gasteiger partial charge on any atom is -0.497 e. The number of aromatic nitrogens is 2. The first-order valence-electron chi connectivity index (χ1n) is 6.78. The van der Waals surface area contributed by atoms with Gasteiger partial charge in [-0.3, -0.25) is 0 Å². The first-order chi connectivity index (χ1) is 9.79. The lowest BCUT2D eigenvalue weighted by molar-refractivity contribution is 0.410. The van der Waals surface area contributed by atoms with Crippen molar-refractivity contribution in [3.63, 3.8) is 0 Å². The molecule has 0 atom stereocenters. The molecular formula is C15H20FN3O. The highest BCUT2D eigenvalue weighted by molar-refractivity contribution is 5.28. The van der Waals surface area contributed by atoms with E-state index in [4.69, 9.17) is 4.74 Å². The van der Waals surface area contributed by atoms with Crippen LogP contribution in [0, 0.1) is 5.82 Å². The molecule has 0 fully saturated rings. The van der Waals surface area contributed by atoms with Crippen LogP contribution >= 0.6 is 0 Å². The molecule has 1 aromatic heterocycles. The van der Waals surface area contributed by atoms with Crippen LogP contribution in [0.25, 0.3) is 0 Å². The topological polar surface area (TPSA) is 39.1 Å². The number of imidazole rings is 1. The van der Waals surface area contributed by atoms with Crippen LogP contribution in [0.4, 0.5) is 4.39 Å². The van der Waals surface area contributed by atoms with Crippen LogP contribution in [-0.2, 0) is 13.1 Å². The van der Waals surface area contributed by atoms with Crippen LogP contribution in [0.5, 0.6) is 5.75 Å². The molecule has 0 spiro atoms. The van der Waals surface area contributed by atoms with E-state index in [9.17, 15) is 4.39 Å². The van der Waals surface area contributed by atoms with Gasteiger partial charge in [0.05, 0.1) is 13.4 Å². The summed E-state index contributed by atoms with van der Waals surface area (Å²) in [6.07, 6.45) is 7.69.